The predicted octanol–water partition coefficient (Wildman–Crippen LogP) is 2.56. The van der Waals surface area contributed by atoms with Gasteiger partial charge < -0.3 is 10.1 Å². The highest BCUT2D eigenvalue weighted by Gasteiger charge is 2.30. The lowest BCUT2D eigenvalue weighted by atomic mass is 9.98. The number of rotatable bonds is 6. The van der Waals surface area contributed by atoms with Gasteiger partial charge in [0.05, 0.1) is 5.92 Å². The Morgan fingerprint density at radius 2 is 1.81 bits per heavy atom. The number of nitrogens with one attached hydrogen (secondary N) is 2. The van der Waals surface area contributed by atoms with E-state index in [-0.39, 0.29) is 36.7 Å². The number of hydrogen-bond donors (Lipinski definition) is 2. The molecule has 0 aromatic heterocycles. The lowest BCUT2D eigenvalue weighted by Crippen LogP contribution is -2.22. The Morgan fingerprint density at radius 1 is 1.12 bits per heavy atom. The van der Waals surface area contributed by atoms with Gasteiger partial charge in [0.1, 0.15) is 5.75 Å². The van der Waals surface area contributed by atoms with Crippen molar-refractivity contribution in [1.29, 1.82) is 0 Å². The Labute approximate surface area is 155 Å². The Balaban J connectivity index is 1.49. The van der Waals surface area contributed by atoms with Crippen molar-refractivity contribution in [3.8, 4) is 5.75 Å². The van der Waals surface area contributed by atoms with Crippen LogP contribution in [0.2, 0.25) is 5.02 Å². The minimum Gasteiger partial charge on any atom is -0.484 e. The van der Waals surface area contributed by atoms with Gasteiger partial charge in [0.25, 0.3) is 5.91 Å². The van der Waals surface area contributed by atoms with Gasteiger partial charge in [-0.3, -0.25) is 19.7 Å². The first-order valence-electron chi connectivity index (χ1n) is 8.10. The molecule has 1 aliphatic rings. The average molecular weight is 373 g/mol. The van der Waals surface area contributed by atoms with Gasteiger partial charge in [0.15, 0.2) is 6.61 Å². The first kappa shape index (κ1) is 17.9. The lowest BCUT2D eigenvalue weighted by molar-refractivity contribution is -0.125. The third-order valence-electron chi connectivity index (χ3n) is 3.97. The maximum atomic E-state index is 11.9. The molecule has 1 fully saturated rings. The Hall–Kier alpha value is -2.86. The Bertz CT molecular complexity index is 818. The molecule has 3 rings (SSSR count). The van der Waals surface area contributed by atoms with Crippen LogP contribution in [0.25, 0.3) is 0 Å². The summed E-state index contributed by atoms with van der Waals surface area (Å²) >= 11 is 5.79. The molecule has 1 unspecified atom stereocenters. The molecular formula is C19H17ClN2O4. The first-order chi connectivity index (χ1) is 12.5. The van der Waals surface area contributed by atoms with Crippen LogP contribution in [0, 0.1) is 5.92 Å². The molecule has 0 radical (unpaired) electrons. The summed E-state index contributed by atoms with van der Waals surface area (Å²) in [7, 11) is 0. The van der Waals surface area contributed by atoms with Crippen molar-refractivity contribution >= 4 is 35.0 Å². The topological polar surface area (TPSA) is 84.5 Å². The molecule has 6 nitrogen and oxygen atoms in total. The number of carbonyl (C=O) groups is 3. The normalized spacial score (nSPS) is 16.3. The van der Waals surface area contributed by atoms with Crippen molar-refractivity contribution in [2.75, 3.05) is 11.9 Å². The van der Waals surface area contributed by atoms with Crippen molar-refractivity contribution < 1.29 is 19.1 Å². The third kappa shape index (κ3) is 4.83. The molecule has 7 heteroatoms. The molecule has 0 spiro atoms. The fourth-order valence-electron chi connectivity index (χ4n) is 2.66. The lowest BCUT2D eigenvalue weighted by Gasteiger charge is -2.09. The average Bonchev–Trinajstić information content (AvgIpc) is 2.93. The minimum absolute atomic E-state index is 0.117. The highest BCUT2D eigenvalue weighted by atomic mass is 35.5. The summed E-state index contributed by atoms with van der Waals surface area (Å²) in [6.07, 6.45) is 0.713. The molecule has 1 aliphatic heterocycles. The van der Waals surface area contributed by atoms with E-state index >= 15 is 0 Å². The van der Waals surface area contributed by atoms with E-state index in [4.69, 9.17) is 16.3 Å². The van der Waals surface area contributed by atoms with Gasteiger partial charge >= 0.3 is 0 Å². The molecular weight excluding hydrogens is 356 g/mol. The Morgan fingerprint density at radius 3 is 2.42 bits per heavy atom. The number of hydrogen-bond acceptors (Lipinski definition) is 4. The summed E-state index contributed by atoms with van der Waals surface area (Å²) in [5.41, 5.74) is 1.56. The minimum atomic E-state index is -0.323. The van der Waals surface area contributed by atoms with Crippen molar-refractivity contribution in [3.63, 3.8) is 0 Å². The summed E-state index contributed by atoms with van der Waals surface area (Å²) in [6, 6.07) is 13.9. The van der Waals surface area contributed by atoms with Gasteiger partial charge in [-0.1, -0.05) is 23.7 Å². The van der Waals surface area contributed by atoms with Crippen molar-refractivity contribution in [2.45, 2.75) is 12.8 Å². The molecule has 26 heavy (non-hydrogen) atoms. The predicted molar refractivity (Wildman–Crippen MR) is 97.0 cm³/mol. The summed E-state index contributed by atoms with van der Waals surface area (Å²) < 4.78 is 5.38. The van der Waals surface area contributed by atoms with Crippen molar-refractivity contribution in [3.05, 3.63) is 59.1 Å². The number of halogens is 1. The van der Waals surface area contributed by atoms with E-state index in [9.17, 15) is 14.4 Å². The zero-order valence-corrected chi connectivity index (χ0v) is 14.6. The smallest absolute Gasteiger partial charge is 0.262 e. The maximum absolute atomic E-state index is 11.9. The van der Waals surface area contributed by atoms with Gasteiger partial charge in [-0.15, -0.1) is 0 Å². The van der Waals surface area contributed by atoms with Crippen LogP contribution >= 0.6 is 11.6 Å². The fourth-order valence-corrected chi connectivity index (χ4v) is 2.78. The number of amides is 3. The second-order valence-corrected chi connectivity index (χ2v) is 6.44. The molecule has 3 amide bonds. The number of imide groups is 1. The third-order valence-corrected chi connectivity index (χ3v) is 4.22. The summed E-state index contributed by atoms with van der Waals surface area (Å²) in [4.78, 5) is 34.8. The SMILES string of the molecule is O=C1CC(Cc2ccc(NC(=O)COc3ccc(Cl)cc3)cc2)C(=O)N1. The Kier molecular flexibility index (Phi) is 5.53. The van der Waals surface area contributed by atoms with E-state index in [1.807, 2.05) is 12.1 Å². The van der Waals surface area contributed by atoms with Gasteiger partial charge in [-0.2, -0.15) is 0 Å². The van der Waals surface area contributed by atoms with E-state index in [2.05, 4.69) is 10.6 Å². The molecule has 2 aromatic rings. The summed E-state index contributed by atoms with van der Waals surface area (Å²) in [6.45, 7) is -0.117. The largest absolute Gasteiger partial charge is 0.484 e. The molecule has 1 atom stereocenters. The van der Waals surface area contributed by atoms with Crippen LogP contribution in [0.3, 0.4) is 0 Å². The number of anilines is 1. The molecule has 1 heterocycles. The van der Waals surface area contributed by atoms with Gasteiger partial charge in [-0.25, -0.2) is 0 Å². The van der Waals surface area contributed by atoms with Crippen LogP contribution in [0.1, 0.15) is 12.0 Å². The van der Waals surface area contributed by atoms with Gasteiger partial charge in [0.2, 0.25) is 11.8 Å². The monoisotopic (exact) mass is 372 g/mol. The zero-order chi connectivity index (χ0) is 18.5. The summed E-state index contributed by atoms with van der Waals surface area (Å²) in [5.74, 6) is -0.509. The molecule has 134 valence electrons. The molecule has 2 N–H and O–H groups in total. The standard InChI is InChI=1S/C19H17ClN2O4/c20-14-3-7-16(8-4-14)26-11-18(24)21-15-5-1-12(2-6-15)9-13-10-17(23)22-19(13)25/h1-8,13H,9-11H2,(H,21,24)(H,22,23,25). The van der Waals surface area contributed by atoms with Crippen LogP contribution in [-0.4, -0.2) is 24.3 Å². The number of carbonyl (C=O) groups excluding carboxylic acids is 3. The number of ether oxygens (including phenoxy) is 1. The molecule has 1 saturated heterocycles. The van der Waals surface area contributed by atoms with Crippen LogP contribution in [0.15, 0.2) is 48.5 Å². The molecule has 0 aliphatic carbocycles. The number of benzene rings is 2. The van der Waals surface area contributed by atoms with Crippen LogP contribution in [0.4, 0.5) is 5.69 Å². The van der Waals surface area contributed by atoms with Crippen molar-refractivity contribution in [1.82, 2.24) is 5.32 Å². The molecule has 0 bridgehead atoms. The highest BCUT2D eigenvalue weighted by Crippen LogP contribution is 2.19. The summed E-state index contributed by atoms with van der Waals surface area (Å²) in [5, 5.41) is 5.63. The quantitative estimate of drug-likeness (QED) is 0.763. The van der Waals surface area contributed by atoms with Crippen molar-refractivity contribution in [2.24, 2.45) is 5.92 Å². The first-order valence-corrected chi connectivity index (χ1v) is 8.48. The van der Waals surface area contributed by atoms with E-state index in [1.54, 1.807) is 36.4 Å². The maximum Gasteiger partial charge on any atom is 0.262 e. The van der Waals surface area contributed by atoms with Gasteiger partial charge in [-0.05, 0) is 48.4 Å². The van der Waals surface area contributed by atoms with Gasteiger partial charge in [0, 0.05) is 17.1 Å². The van der Waals surface area contributed by atoms with Crippen LogP contribution in [-0.2, 0) is 20.8 Å². The van der Waals surface area contributed by atoms with Crippen LogP contribution in [0.5, 0.6) is 5.75 Å². The fraction of sp³-hybridized carbons (Fsp3) is 0.211. The zero-order valence-electron chi connectivity index (χ0n) is 13.8. The van der Waals surface area contributed by atoms with E-state index in [1.165, 1.54) is 0 Å². The van der Waals surface area contributed by atoms with E-state index in [0.29, 0.717) is 22.9 Å². The second kappa shape index (κ2) is 8.01. The van der Waals surface area contributed by atoms with E-state index < -0.39 is 0 Å². The molecule has 0 saturated carbocycles. The second-order valence-electron chi connectivity index (χ2n) is 6.01. The molecule has 2 aromatic carbocycles. The van der Waals surface area contributed by atoms with E-state index in [0.717, 1.165) is 5.56 Å². The van der Waals surface area contributed by atoms with Crippen LogP contribution < -0.4 is 15.4 Å². The highest BCUT2D eigenvalue weighted by molar-refractivity contribution is 6.30.